The van der Waals surface area contributed by atoms with E-state index in [0.29, 0.717) is 16.1 Å². The maximum absolute atomic E-state index is 9.06. The SMILES string of the molecule is N#Cc1c(CO)cc(Cl)c2sccc12. The maximum Gasteiger partial charge on any atom is 0.100 e. The highest BCUT2D eigenvalue weighted by molar-refractivity contribution is 7.17. The summed E-state index contributed by atoms with van der Waals surface area (Å²) in [6, 6.07) is 5.59. The van der Waals surface area contributed by atoms with E-state index < -0.39 is 0 Å². The summed E-state index contributed by atoms with van der Waals surface area (Å²) in [5.41, 5.74) is 1.11. The Bertz CT molecular complexity index is 527. The first-order chi connectivity index (χ1) is 6.77. The van der Waals surface area contributed by atoms with Crippen molar-refractivity contribution in [3.8, 4) is 6.07 Å². The molecule has 0 aliphatic carbocycles. The van der Waals surface area contributed by atoms with E-state index in [9.17, 15) is 0 Å². The van der Waals surface area contributed by atoms with E-state index in [1.165, 1.54) is 11.3 Å². The van der Waals surface area contributed by atoms with E-state index in [0.717, 1.165) is 10.1 Å². The number of rotatable bonds is 1. The van der Waals surface area contributed by atoms with Crippen LogP contribution in [0.1, 0.15) is 11.1 Å². The van der Waals surface area contributed by atoms with Crippen LogP contribution in [0.2, 0.25) is 5.02 Å². The Labute approximate surface area is 90.0 Å². The van der Waals surface area contributed by atoms with Crippen LogP contribution in [0.15, 0.2) is 17.5 Å². The van der Waals surface area contributed by atoms with Crippen molar-refractivity contribution in [2.75, 3.05) is 0 Å². The standard InChI is InChI=1S/C10H6ClNOS/c11-9-3-6(5-13)8(4-12)7-1-2-14-10(7)9/h1-3,13H,5H2. The van der Waals surface area contributed by atoms with Crippen LogP contribution in [0.25, 0.3) is 10.1 Å². The van der Waals surface area contributed by atoms with Crippen LogP contribution in [0.5, 0.6) is 0 Å². The van der Waals surface area contributed by atoms with Crippen molar-refractivity contribution in [3.05, 3.63) is 33.7 Å². The zero-order valence-corrected chi connectivity index (χ0v) is 8.69. The van der Waals surface area contributed by atoms with Gasteiger partial charge in [0.2, 0.25) is 0 Å². The number of hydrogen-bond acceptors (Lipinski definition) is 3. The van der Waals surface area contributed by atoms with Gasteiger partial charge in [0.15, 0.2) is 0 Å². The molecule has 4 heteroatoms. The van der Waals surface area contributed by atoms with Crippen LogP contribution in [-0.2, 0) is 6.61 Å². The normalized spacial score (nSPS) is 10.4. The van der Waals surface area contributed by atoms with Crippen molar-refractivity contribution < 1.29 is 5.11 Å². The number of fused-ring (bicyclic) bond motifs is 1. The Morgan fingerprint density at radius 3 is 3.00 bits per heavy atom. The number of aliphatic hydroxyl groups is 1. The molecule has 0 fully saturated rings. The van der Waals surface area contributed by atoms with Gasteiger partial charge in [-0.05, 0) is 23.1 Å². The molecule has 0 unspecified atom stereocenters. The monoisotopic (exact) mass is 223 g/mol. The fraction of sp³-hybridized carbons (Fsp3) is 0.100. The Morgan fingerprint density at radius 1 is 1.57 bits per heavy atom. The van der Waals surface area contributed by atoms with E-state index in [1.54, 1.807) is 6.07 Å². The quantitative estimate of drug-likeness (QED) is 0.808. The molecule has 0 aliphatic heterocycles. The van der Waals surface area contributed by atoms with Gasteiger partial charge in [0.05, 0.1) is 21.9 Å². The summed E-state index contributed by atoms with van der Waals surface area (Å²) in [7, 11) is 0. The van der Waals surface area contributed by atoms with E-state index >= 15 is 0 Å². The summed E-state index contributed by atoms with van der Waals surface area (Å²) in [5, 5.41) is 21.3. The van der Waals surface area contributed by atoms with Crippen molar-refractivity contribution in [1.29, 1.82) is 5.26 Å². The lowest BCUT2D eigenvalue weighted by Gasteiger charge is -2.02. The van der Waals surface area contributed by atoms with Gasteiger partial charge in [0.1, 0.15) is 6.07 Å². The molecule has 0 saturated heterocycles. The van der Waals surface area contributed by atoms with E-state index in [4.69, 9.17) is 22.0 Å². The number of nitriles is 1. The minimum Gasteiger partial charge on any atom is -0.392 e. The zero-order chi connectivity index (χ0) is 10.1. The molecule has 0 aliphatic rings. The fourth-order valence-electron chi connectivity index (χ4n) is 1.41. The molecule has 1 aromatic carbocycles. The van der Waals surface area contributed by atoms with Crippen molar-refractivity contribution in [2.24, 2.45) is 0 Å². The number of benzene rings is 1. The lowest BCUT2D eigenvalue weighted by Crippen LogP contribution is -1.90. The molecule has 0 bridgehead atoms. The molecule has 2 aromatic rings. The van der Waals surface area contributed by atoms with Gasteiger partial charge in [0.25, 0.3) is 0 Å². The Hall–Kier alpha value is -1.08. The van der Waals surface area contributed by atoms with Gasteiger partial charge in [-0.1, -0.05) is 11.6 Å². The molecule has 0 atom stereocenters. The highest BCUT2D eigenvalue weighted by atomic mass is 35.5. The second-order valence-electron chi connectivity index (χ2n) is 2.83. The third-order valence-electron chi connectivity index (χ3n) is 2.06. The van der Waals surface area contributed by atoms with Gasteiger partial charge in [0, 0.05) is 5.39 Å². The molecule has 1 heterocycles. The summed E-state index contributed by atoms with van der Waals surface area (Å²) >= 11 is 7.50. The van der Waals surface area contributed by atoms with Gasteiger partial charge in [-0.3, -0.25) is 0 Å². The van der Waals surface area contributed by atoms with Crippen LogP contribution in [0.4, 0.5) is 0 Å². The van der Waals surface area contributed by atoms with Crippen LogP contribution in [-0.4, -0.2) is 5.11 Å². The van der Waals surface area contributed by atoms with E-state index in [-0.39, 0.29) is 6.61 Å². The average Bonchev–Trinajstić information content (AvgIpc) is 2.66. The highest BCUT2D eigenvalue weighted by Crippen LogP contribution is 2.33. The van der Waals surface area contributed by atoms with Gasteiger partial charge in [-0.25, -0.2) is 0 Å². The summed E-state index contributed by atoms with van der Waals surface area (Å²) < 4.78 is 0.903. The van der Waals surface area contributed by atoms with E-state index in [1.807, 2.05) is 11.4 Å². The third-order valence-corrected chi connectivity index (χ3v) is 3.41. The summed E-state index contributed by atoms with van der Waals surface area (Å²) in [6.07, 6.45) is 0. The Kier molecular flexibility index (Phi) is 2.42. The van der Waals surface area contributed by atoms with Gasteiger partial charge < -0.3 is 5.11 Å². The number of nitrogens with zero attached hydrogens (tertiary/aromatic N) is 1. The number of thiophene rings is 1. The van der Waals surface area contributed by atoms with Crippen molar-refractivity contribution in [2.45, 2.75) is 6.61 Å². The minimum atomic E-state index is -0.158. The molecule has 0 radical (unpaired) electrons. The second-order valence-corrected chi connectivity index (χ2v) is 4.15. The predicted octanol–water partition coefficient (Wildman–Crippen LogP) is 2.92. The molecular weight excluding hydrogens is 218 g/mol. The van der Waals surface area contributed by atoms with Crippen LogP contribution < -0.4 is 0 Å². The number of halogens is 1. The molecule has 70 valence electrons. The van der Waals surface area contributed by atoms with Crippen LogP contribution >= 0.6 is 22.9 Å². The second kappa shape index (κ2) is 3.58. The zero-order valence-electron chi connectivity index (χ0n) is 7.12. The minimum absolute atomic E-state index is 0.158. The van der Waals surface area contributed by atoms with Crippen molar-refractivity contribution in [3.63, 3.8) is 0 Å². The summed E-state index contributed by atoms with van der Waals surface area (Å²) in [5.74, 6) is 0. The molecule has 1 aromatic heterocycles. The topological polar surface area (TPSA) is 44.0 Å². The Balaban J connectivity index is 2.91. The molecular formula is C10H6ClNOS. The largest absolute Gasteiger partial charge is 0.392 e. The summed E-state index contributed by atoms with van der Waals surface area (Å²) in [6.45, 7) is -0.158. The molecule has 1 N–H and O–H groups in total. The molecule has 14 heavy (non-hydrogen) atoms. The summed E-state index contributed by atoms with van der Waals surface area (Å²) in [4.78, 5) is 0. The average molecular weight is 224 g/mol. The highest BCUT2D eigenvalue weighted by Gasteiger charge is 2.10. The molecule has 0 spiro atoms. The van der Waals surface area contributed by atoms with Crippen LogP contribution in [0, 0.1) is 11.3 Å². The van der Waals surface area contributed by atoms with Crippen molar-refractivity contribution in [1.82, 2.24) is 0 Å². The van der Waals surface area contributed by atoms with Crippen molar-refractivity contribution >= 4 is 33.0 Å². The van der Waals surface area contributed by atoms with Crippen LogP contribution in [0.3, 0.4) is 0 Å². The smallest absolute Gasteiger partial charge is 0.100 e. The first-order valence-electron chi connectivity index (χ1n) is 3.97. The molecule has 2 rings (SSSR count). The third kappa shape index (κ3) is 1.28. The fourth-order valence-corrected chi connectivity index (χ4v) is 2.59. The molecule has 0 amide bonds. The maximum atomic E-state index is 9.06. The first kappa shape index (κ1) is 9.47. The van der Waals surface area contributed by atoms with Gasteiger partial charge in [-0.2, -0.15) is 5.26 Å². The lowest BCUT2D eigenvalue weighted by atomic mass is 10.1. The lowest BCUT2D eigenvalue weighted by molar-refractivity contribution is 0.281. The number of aliphatic hydroxyl groups excluding tert-OH is 1. The predicted molar refractivity (Wildman–Crippen MR) is 57.5 cm³/mol. The van der Waals surface area contributed by atoms with E-state index in [2.05, 4.69) is 6.07 Å². The molecule has 2 nitrogen and oxygen atoms in total. The Morgan fingerprint density at radius 2 is 2.36 bits per heavy atom. The van der Waals surface area contributed by atoms with Gasteiger partial charge in [-0.15, -0.1) is 11.3 Å². The van der Waals surface area contributed by atoms with Gasteiger partial charge >= 0.3 is 0 Å². The molecule has 0 saturated carbocycles. The number of hydrogen-bond donors (Lipinski definition) is 1. The first-order valence-corrected chi connectivity index (χ1v) is 5.23.